The van der Waals surface area contributed by atoms with Gasteiger partial charge in [-0.25, -0.2) is 9.97 Å². The summed E-state index contributed by atoms with van der Waals surface area (Å²) >= 11 is 6.15. The molecular weight excluding hydrogens is 415 g/mol. The summed E-state index contributed by atoms with van der Waals surface area (Å²) in [4.78, 5) is 8.36. The number of alkyl halides is 3. The minimum atomic E-state index is -4.42. The summed E-state index contributed by atoms with van der Waals surface area (Å²) in [7, 11) is 0. The Morgan fingerprint density at radius 2 is 1.86 bits per heavy atom. The van der Waals surface area contributed by atoms with E-state index in [1.807, 2.05) is 6.92 Å². The average molecular weight is 425 g/mol. The lowest BCUT2D eigenvalue weighted by Crippen LogP contribution is -2.07. The first kappa shape index (κ1) is 16.2. The van der Waals surface area contributed by atoms with Crippen molar-refractivity contribution >= 4 is 43.4 Å². The van der Waals surface area contributed by atoms with Gasteiger partial charge in [-0.1, -0.05) is 22.9 Å². The van der Waals surface area contributed by atoms with Crippen molar-refractivity contribution in [1.82, 2.24) is 9.97 Å². The molecule has 2 aromatic rings. The molecule has 0 saturated heterocycles. The van der Waals surface area contributed by atoms with Gasteiger partial charge in [0, 0.05) is 22.6 Å². The van der Waals surface area contributed by atoms with Crippen LogP contribution in [0.25, 0.3) is 0 Å². The van der Waals surface area contributed by atoms with Gasteiger partial charge < -0.3 is 5.32 Å². The van der Waals surface area contributed by atoms with Crippen molar-refractivity contribution < 1.29 is 13.2 Å². The Hall–Kier alpha value is -1.15. The van der Waals surface area contributed by atoms with Gasteiger partial charge in [0.25, 0.3) is 0 Å². The Morgan fingerprint density at radius 1 is 1.14 bits per heavy atom. The van der Waals surface area contributed by atoms with Gasteiger partial charge in [0.15, 0.2) is 0 Å². The maximum atomic E-state index is 12.9. The molecule has 0 radical (unpaired) electrons. The van der Waals surface area contributed by atoms with Crippen LogP contribution in [-0.4, -0.2) is 9.97 Å². The molecule has 1 aromatic heterocycles. The van der Waals surface area contributed by atoms with E-state index in [1.54, 1.807) is 12.1 Å². The van der Waals surface area contributed by atoms with Crippen molar-refractivity contribution in [3.63, 3.8) is 0 Å². The van der Waals surface area contributed by atoms with Crippen LogP contribution in [0.2, 0.25) is 0 Å². The number of rotatable bonds is 3. The molecule has 0 aliphatic carbocycles. The number of nitrogens with zero attached hydrogens (tertiary/aromatic N) is 2. The molecule has 0 saturated carbocycles. The number of nitrogens with one attached hydrogen (secondary N) is 1. The molecular formula is C13H10Br2F3N3. The molecule has 1 aromatic carbocycles. The topological polar surface area (TPSA) is 37.8 Å². The second-order valence-corrected chi connectivity index (χ2v) is 5.83. The molecule has 112 valence electrons. The minimum Gasteiger partial charge on any atom is -0.340 e. The maximum Gasteiger partial charge on any atom is 0.417 e. The first-order chi connectivity index (χ1) is 9.79. The van der Waals surface area contributed by atoms with E-state index in [1.165, 1.54) is 6.07 Å². The largest absolute Gasteiger partial charge is 0.417 e. The van der Waals surface area contributed by atoms with E-state index in [-0.39, 0.29) is 4.47 Å². The monoisotopic (exact) mass is 423 g/mol. The molecule has 0 bridgehead atoms. The summed E-state index contributed by atoms with van der Waals surface area (Å²) in [6.45, 7) is 1.90. The van der Waals surface area contributed by atoms with Crippen LogP contribution in [0.4, 0.5) is 24.7 Å². The van der Waals surface area contributed by atoms with E-state index in [9.17, 15) is 13.2 Å². The summed E-state index contributed by atoms with van der Waals surface area (Å²) in [6.07, 6.45) is -3.79. The molecule has 8 heteroatoms. The molecule has 3 nitrogen and oxygen atoms in total. The lowest BCUT2D eigenvalue weighted by atomic mass is 10.2. The zero-order chi connectivity index (χ0) is 15.6. The Kier molecular flexibility index (Phi) is 4.88. The van der Waals surface area contributed by atoms with Crippen molar-refractivity contribution in [1.29, 1.82) is 0 Å². The van der Waals surface area contributed by atoms with E-state index >= 15 is 0 Å². The number of hydrogen-bond acceptors (Lipinski definition) is 3. The summed E-state index contributed by atoms with van der Waals surface area (Å²) in [5, 5.41) is 2.86. The highest BCUT2D eigenvalue weighted by Gasteiger charge is 2.33. The fraction of sp³-hybridized carbons (Fsp3) is 0.231. The van der Waals surface area contributed by atoms with Crippen molar-refractivity contribution in [3.05, 3.63) is 44.7 Å². The predicted octanol–water partition coefficient (Wildman–Crippen LogP) is 5.33. The van der Waals surface area contributed by atoms with Gasteiger partial charge in [-0.15, -0.1) is 0 Å². The smallest absolute Gasteiger partial charge is 0.340 e. The Labute approximate surface area is 136 Å². The number of halogens is 5. The standard InChI is InChI=1S/C13H10Br2F3N3/c1-2-11-20-10(15)6-12(21-11)19-7-3-4-9(14)8(5-7)13(16,17)18/h3-6H,2H2,1H3,(H,19,20,21). The van der Waals surface area contributed by atoms with Crippen molar-refractivity contribution in [2.24, 2.45) is 0 Å². The third kappa shape index (κ3) is 4.16. The van der Waals surface area contributed by atoms with Crippen LogP contribution in [0.15, 0.2) is 33.3 Å². The Balaban J connectivity index is 2.34. The second-order valence-electron chi connectivity index (χ2n) is 4.16. The van der Waals surface area contributed by atoms with Crippen molar-refractivity contribution in [2.75, 3.05) is 5.32 Å². The molecule has 1 heterocycles. The molecule has 0 amide bonds. The highest BCUT2D eigenvalue weighted by Crippen LogP contribution is 2.36. The average Bonchev–Trinajstić information content (AvgIpc) is 2.39. The number of anilines is 2. The lowest BCUT2D eigenvalue weighted by molar-refractivity contribution is -0.138. The van der Waals surface area contributed by atoms with Gasteiger partial charge in [0.05, 0.1) is 5.56 Å². The lowest BCUT2D eigenvalue weighted by Gasteiger charge is -2.12. The van der Waals surface area contributed by atoms with Gasteiger partial charge in [-0.05, 0) is 34.1 Å². The predicted molar refractivity (Wildman–Crippen MR) is 81.5 cm³/mol. The van der Waals surface area contributed by atoms with Crippen LogP contribution in [0.3, 0.4) is 0 Å². The number of hydrogen-bond donors (Lipinski definition) is 1. The first-order valence-corrected chi connectivity index (χ1v) is 7.55. The summed E-state index contributed by atoms with van der Waals surface area (Å²) in [6, 6.07) is 5.53. The second kappa shape index (κ2) is 6.31. The van der Waals surface area contributed by atoms with Gasteiger partial charge >= 0.3 is 6.18 Å². The molecule has 0 atom stereocenters. The SMILES string of the molecule is CCc1nc(Br)cc(Nc2ccc(Br)c(C(F)(F)F)c2)n1. The molecule has 0 unspecified atom stereocenters. The van der Waals surface area contributed by atoms with Crippen molar-refractivity contribution in [3.8, 4) is 0 Å². The fourth-order valence-electron chi connectivity index (χ4n) is 1.65. The molecule has 1 N–H and O–H groups in total. The maximum absolute atomic E-state index is 12.9. The third-order valence-corrected chi connectivity index (χ3v) is 3.70. The van der Waals surface area contributed by atoms with E-state index in [0.29, 0.717) is 28.4 Å². The van der Waals surface area contributed by atoms with Crippen LogP contribution in [0.5, 0.6) is 0 Å². The number of benzene rings is 1. The van der Waals surface area contributed by atoms with Crippen LogP contribution >= 0.6 is 31.9 Å². The molecule has 0 aliphatic heterocycles. The zero-order valence-corrected chi connectivity index (χ0v) is 14.0. The normalized spacial score (nSPS) is 11.5. The van der Waals surface area contributed by atoms with E-state index in [0.717, 1.165) is 6.07 Å². The first-order valence-electron chi connectivity index (χ1n) is 5.97. The third-order valence-electron chi connectivity index (χ3n) is 2.60. The fourth-order valence-corrected chi connectivity index (χ4v) is 2.55. The van der Waals surface area contributed by atoms with Gasteiger partial charge in [-0.3, -0.25) is 0 Å². The van der Waals surface area contributed by atoms with Crippen LogP contribution in [0.1, 0.15) is 18.3 Å². The zero-order valence-electron chi connectivity index (χ0n) is 10.8. The molecule has 2 rings (SSSR count). The molecule has 0 spiro atoms. The van der Waals surface area contributed by atoms with Gasteiger partial charge in [0.2, 0.25) is 0 Å². The van der Waals surface area contributed by atoms with E-state index in [2.05, 4.69) is 47.1 Å². The summed E-state index contributed by atoms with van der Waals surface area (Å²) < 4.78 is 39.2. The molecule has 0 fully saturated rings. The quantitative estimate of drug-likeness (QED) is 0.677. The highest BCUT2D eigenvalue weighted by molar-refractivity contribution is 9.10. The summed E-state index contributed by atoms with van der Waals surface area (Å²) in [5.41, 5.74) is -0.436. The molecule has 21 heavy (non-hydrogen) atoms. The van der Waals surface area contributed by atoms with Crippen LogP contribution in [0, 0.1) is 0 Å². The van der Waals surface area contributed by atoms with Crippen molar-refractivity contribution in [2.45, 2.75) is 19.5 Å². The van der Waals surface area contributed by atoms with E-state index in [4.69, 9.17) is 0 Å². The summed E-state index contributed by atoms with van der Waals surface area (Å²) in [5.74, 6) is 1.03. The minimum absolute atomic E-state index is 0.00124. The highest BCUT2D eigenvalue weighted by atomic mass is 79.9. The Bertz CT molecular complexity index is 660. The van der Waals surface area contributed by atoms with Gasteiger partial charge in [-0.2, -0.15) is 13.2 Å². The number of aryl methyl sites for hydroxylation is 1. The Morgan fingerprint density at radius 3 is 2.48 bits per heavy atom. The molecule has 0 aliphatic rings. The van der Waals surface area contributed by atoms with Crippen LogP contribution in [-0.2, 0) is 12.6 Å². The number of aromatic nitrogens is 2. The van der Waals surface area contributed by atoms with Gasteiger partial charge in [0.1, 0.15) is 16.2 Å². The van der Waals surface area contributed by atoms with Crippen LogP contribution < -0.4 is 5.32 Å². The van der Waals surface area contributed by atoms with E-state index < -0.39 is 11.7 Å².